The first-order chi connectivity index (χ1) is 11.5. The number of nitrogens with zero attached hydrogens (tertiary/aromatic N) is 3. The Labute approximate surface area is 159 Å². The van der Waals surface area contributed by atoms with Gasteiger partial charge in [-0.25, -0.2) is 4.68 Å². The van der Waals surface area contributed by atoms with Crippen molar-refractivity contribution in [3.05, 3.63) is 46.2 Å². The van der Waals surface area contributed by atoms with Gasteiger partial charge in [-0.05, 0) is 58.0 Å². The highest BCUT2D eigenvalue weighted by molar-refractivity contribution is 6.31. The molecule has 0 spiro atoms. The lowest BCUT2D eigenvalue weighted by atomic mass is 10.0. The molecule has 7 heteroatoms. The number of aryl methyl sites for hydroxylation is 1. The summed E-state index contributed by atoms with van der Waals surface area (Å²) >= 11 is 6.21. The molecule has 1 aliphatic heterocycles. The van der Waals surface area contributed by atoms with Gasteiger partial charge in [0.1, 0.15) is 0 Å². The van der Waals surface area contributed by atoms with Crippen LogP contribution in [0, 0.1) is 13.8 Å². The number of hydrogen-bond acceptors (Lipinski definition) is 3. The Morgan fingerprint density at radius 1 is 1.28 bits per heavy atom. The molecule has 1 saturated heterocycles. The molecule has 136 valence electrons. The van der Waals surface area contributed by atoms with Crippen molar-refractivity contribution in [1.29, 1.82) is 0 Å². The topological polar surface area (TPSA) is 50.2 Å². The molecular formula is C18H24Cl2N4O. The van der Waals surface area contributed by atoms with Crippen LogP contribution in [0.4, 0.5) is 0 Å². The summed E-state index contributed by atoms with van der Waals surface area (Å²) in [6.45, 7) is 5.42. The van der Waals surface area contributed by atoms with Gasteiger partial charge in [0.05, 0.1) is 22.1 Å². The quantitative estimate of drug-likeness (QED) is 0.884. The zero-order valence-electron chi connectivity index (χ0n) is 14.8. The Bertz CT molecular complexity index is 742. The molecule has 1 aliphatic rings. The number of likely N-dealkylation sites (tertiary alicyclic amines) is 1. The van der Waals surface area contributed by atoms with Gasteiger partial charge >= 0.3 is 0 Å². The lowest BCUT2D eigenvalue weighted by molar-refractivity contribution is 0.0698. The van der Waals surface area contributed by atoms with E-state index < -0.39 is 0 Å². The van der Waals surface area contributed by atoms with Gasteiger partial charge in [0.2, 0.25) is 0 Å². The Hall–Kier alpha value is -1.56. The second kappa shape index (κ2) is 8.21. The maximum Gasteiger partial charge on any atom is 0.253 e. The molecule has 5 nitrogen and oxygen atoms in total. The molecule has 0 radical (unpaired) electrons. The molecule has 0 aliphatic carbocycles. The minimum absolute atomic E-state index is 0. The molecule has 1 unspecified atom stereocenters. The summed E-state index contributed by atoms with van der Waals surface area (Å²) in [6.07, 6.45) is 2.16. The van der Waals surface area contributed by atoms with Crippen molar-refractivity contribution in [3.8, 4) is 5.69 Å². The SMILES string of the molecule is CNC1CCCN(C(=O)c2ccc(-n3nc(C)c(Cl)c3C)cc2)C1.Cl. The standard InChI is InChI=1S/C18H23ClN4O.ClH/c1-12-17(19)13(2)23(21-12)16-8-6-14(7-9-16)18(24)22-10-4-5-15(11-22)20-3;/h6-9,15,20H,4-5,10-11H2,1-3H3;1H. The maximum absolute atomic E-state index is 12.7. The number of carbonyl (C=O) groups excluding carboxylic acids is 1. The van der Waals surface area contributed by atoms with Crippen LogP contribution in [-0.2, 0) is 0 Å². The maximum atomic E-state index is 12.7. The summed E-state index contributed by atoms with van der Waals surface area (Å²) in [6, 6.07) is 7.96. The Balaban J connectivity index is 0.00000225. The van der Waals surface area contributed by atoms with E-state index in [0.717, 1.165) is 43.0 Å². The highest BCUT2D eigenvalue weighted by Crippen LogP contribution is 2.23. The normalized spacial score (nSPS) is 17.3. The van der Waals surface area contributed by atoms with E-state index in [4.69, 9.17) is 11.6 Å². The molecule has 1 atom stereocenters. The number of benzene rings is 1. The van der Waals surface area contributed by atoms with E-state index in [-0.39, 0.29) is 18.3 Å². The first-order valence-electron chi connectivity index (χ1n) is 8.30. The van der Waals surface area contributed by atoms with Crippen LogP contribution in [0.3, 0.4) is 0 Å². The third-order valence-corrected chi connectivity index (χ3v) is 5.23. The highest BCUT2D eigenvalue weighted by Gasteiger charge is 2.23. The van der Waals surface area contributed by atoms with Crippen LogP contribution in [0.15, 0.2) is 24.3 Å². The number of aromatic nitrogens is 2. The van der Waals surface area contributed by atoms with Crippen molar-refractivity contribution >= 4 is 29.9 Å². The Kier molecular flexibility index (Phi) is 6.49. The molecule has 3 rings (SSSR count). The van der Waals surface area contributed by atoms with E-state index in [1.807, 2.05) is 54.7 Å². The number of carbonyl (C=O) groups is 1. The monoisotopic (exact) mass is 382 g/mol. The van der Waals surface area contributed by atoms with Crippen LogP contribution in [0.5, 0.6) is 0 Å². The lowest BCUT2D eigenvalue weighted by Gasteiger charge is -2.32. The first kappa shape index (κ1) is 19.8. The Morgan fingerprint density at radius 2 is 1.96 bits per heavy atom. The zero-order chi connectivity index (χ0) is 17.3. The van der Waals surface area contributed by atoms with E-state index in [1.54, 1.807) is 0 Å². The number of piperidine rings is 1. The van der Waals surface area contributed by atoms with Gasteiger partial charge in [-0.3, -0.25) is 4.79 Å². The summed E-state index contributed by atoms with van der Waals surface area (Å²) in [7, 11) is 1.95. The first-order valence-corrected chi connectivity index (χ1v) is 8.67. The van der Waals surface area contributed by atoms with E-state index >= 15 is 0 Å². The van der Waals surface area contributed by atoms with Crippen molar-refractivity contribution in [2.45, 2.75) is 32.7 Å². The average Bonchev–Trinajstić information content (AvgIpc) is 2.88. The van der Waals surface area contributed by atoms with E-state index in [2.05, 4.69) is 10.4 Å². The van der Waals surface area contributed by atoms with Crippen molar-refractivity contribution < 1.29 is 4.79 Å². The minimum Gasteiger partial charge on any atom is -0.337 e. The molecular weight excluding hydrogens is 359 g/mol. The number of nitrogens with one attached hydrogen (secondary N) is 1. The lowest BCUT2D eigenvalue weighted by Crippen LogP contribution is -2.46. The van der Waals surface area contributed by atoms with Crippen molar-refractivity contribution in [3.63, 3.8) is 0 Å². The molecule has 2 aromatic rings. The van der Waals surface area contributed by atoms with Gasteiger partial charge in [-0.15, -0.1) is 12.4 Å². The third-order valence-electron chi connectivity index (χ3n) is 4.68. The fourth-order valence-electron chi connectivity index (χ4n) is 3.20. The summed E-state index contributed by atoms with van der Waals surface area (Å²) in [5, 5.41) is 8.40. The van der Waals surface area contributed by atoms with Gasteiger partial charge in [0, 0.05) is 24.7 Å². The fraction of sp³-hybridized carbons (Fsp3) is 0.444. The van der Waals surface area contributed by atoms with Crippen LogP contribution in [0.1, 0.15) is 34.6 Å². The molecule has 1 aromatic carbocycles. The summed E-state index contributed by atoms with van der Waals surface area (Å²) in [4.78, 5) is 14.6. The van der Waals surface area contributed by atoms with Crippen molar-refractivity contribution in [2.24, 2.45) is 0 Å². The van der Waals surface area contributed by atoms with Gasteiger partial charge in [-0.1, -0.05) is 11.6 Å². The van der Waals surface area contributed by atoms with Gasteiger partial charge in [0.15, 0.2) is 0 Å². The number of hydrogen-bond donors (Lipinski definition) is 1. The molecule has 1 amide bonds. The van der Waals surface area contributed by atoms with Crippen LogP contribution in [0.25, 0.3) is 5.69 Å². The molecule has 2 heterocycles. The highest BCUT2D eigenvalue weighted by atomic mass is 35.5. The predicted molar refractivity (Wildman–Crippen MR) is 103 cm³/mol. The largest absolute Gasteiger partial charge is 0.337 e. The smallest absolute Gasteiger partial charge is 0.253 e. The molecule has 0 bridgehead atoms. The number of rotatable bonds is 3. The summed E-state index contributed by atoms with van der Waals surface area (Å²) in [5.41, 5.74) is 3.33. The second-order valence-electron chi connectivity index (χ2n) is 6.32. The fourth-order valence-corrected chi connectivity index (χ4v) is 3.32. The minimum atomic E-state index is 0. The van der Waals surface area contributed by atoms with Crippen LogP contribution < -0.4 is 5.32 Å². The number of amides is 1. The van der Waals surface area contributed by atoms with E-state index in [9.17, 15) is 4.79 Å². The van der Waals surface area contributed by atoms with Gasteiger partial charge in [0.25, 0.3) is 5.91 Å². The van der Waals surface area contributed by atoms with Crippen LogP contribution in [-0.4, -0.2) is 46.8 Å². The van der Waals surface area contributed by atoms with Crippen LogP contribution >= 0.6 is 24.0 Å². The van der Waals surface area contributed by atoms with E-state index in [1.165, 1.54) is 0 Å². The predicted octanol–water partition coefficient (Wildman–Crippen LogP) is 3.39. The molecule has 0 saturated carbocycles. The summed E-state index contributed by atoms with van der Waals surface area (Å²) < 4.78 is 1.81. The van der Waals surface area contributed by atoms with Crippen molar-refractivity contribution in [2.75, 3.05) is 20.1 Å². The van der Waals surface area contributed by atoms with Crippen molar-refractivity contribution in [1.82, 2.24) is 20.0 Å². The number of likely N-dealkylation sites (N-methyl/N-ethyl adjacent to an activating group) is 1. The molecule has 1 aromatic heterocycles. The molecule has 1 N–H and O–H groups in total. The molecule has 1 fully saturated rings. The molecule has 25 heavy (non-hydrogen) atoms. The van der Waals surface area contributed by atoms with Gasteiger partial charge in [-0.2, -0.15) is 5.10 Å². The summed E-state index contributed by atoms with van der Waals surface area (Å²) in [5.74, 6) is 0.0906. The average molecular weight is 383 g/mol. The van der Waals surface area contributed by atoms with Gasteiger partial charge < -0.3 is 10.2 Å². The second-order valence-corrected chi connectivity index (χ2v) is 6.70. The third kappa shape index (κ3) is 4.00. The van der Waals surface area contributed by atoms with E-state index in [0.29, 0.717) is 16.6 Å². The number of halogens is 2. The Morgan fingerprint density at radius 3 is 2.52 bits per heavy atom. The zero-order valence-corrected chi connectivity index (χ0v) is 16.3. The van der Waals surface area contributed by atoms with Crippen LogP contribution in [0.2, 0.25) is 5.02 Å².